The number of hydrogen-bond acceptors (Lipinski definition) is 5. The summed E-state index contributed by atoms with van der Waals surface area (Å²) in [5.41, 5.74) is 6.73. The summed E-state index contributed by atoms with van der Waals surface area (Å²) in [4.78, 5) is 29.1. The largest absolute Gasteiger partial charge is 0.322 e. The van der Waals surface area contributed by atoms with Gasteiger partial charge in [-0.3, -0.25) is 9.78 Å². The Bertz CT molecular complexity index is 1390. The summed E-state index contributed by atoms with van der Waals surface area (Å²) in [7, 11) is 0. The predicted octanol–water partition coefficient (Wildman–Crippen LogP) is 6.53. The third-order valence-corrected chi connectivity index (χ3v) is 7.47. The molecule has 4 aromatic rings. The average Bonchev–Trinajstić information content (AvgIpc) is 2.95. The molecule has 5 rings (SSSR count). The lowest BCUT2D eigenvalue weighted by atomic mass is 9.89. The number of amides is 1. The molecule has 2 aromatic carbocycles. The van der Waals surface area contributed by atoms with Gasteiger partial charge in [-0.15, -0.1) is 0 Å². The van der Waals surface area contributed by atoms with Crippen LogP contribution < -0.4 is 5.32 Å². The van der Waals surface area contributed by atoms with E-state index in [2.05, 4.69) is 46.2 Å². The molecule has 3 heterocycles. The van der Waals surface area contributed by atoms with Crippen molar-refractivity contribution in [2.45, 2.75) is 46.0 Å². The van der Waals surface area contributed by atoms with Gasteiger partial charge in [0.25, 0.3) is 5.91 Å². The number of rotatable bonds is 8. The fourth-order valence-electron chi connectivity index (χ4n) is 5.34. The van der Waals surface area contributed by atoms with Crippen molar-refractivity contribution in [2.75, 3.05) is 25.0 Å². The maximum atomic E-state index is 13.1. The Hall–Kier alpha value is -3.90. The molecular formula is C33H37N5O. The molecule has 1 saturated heterocycles. The highest BCUT2D eigenvalue weighted by Gasteiger charge is 2.21. The first-order valence-corrected chi connectivity index (χ1v) is 13.9. The molecule has 39 heavy (non-hydrogen) atoms. The maximum absolute atomic E-state index is 13.1. The standard InChI is InChI=1S/C33H37N5O/c1-23(2)22-38-17-13-26(14-18-38)25-8-10-30(11-9-25)36-33(39)27-7-6-24(3)29(19-27)20-32-35-16-12-31(37-32)28-5-4-15-34-21-28/h4-12,15-16,19,21,23,26H,13-14,17-18,20,22H2,1-3H3,(H,36,39). The summed E-state index contributed by atoms with van der Waals surface area (Å²) < 4.78 is 0. The van der Waals surface area contributed by atoms with E-state index in [1.54, 1.807) is 18.6 Å². The molecule has 0 radical (unpaired) electrons. The van der Waals surface area contributed by atoms with Crippen molar-refractivity contribution < 1.29 is 4.79 Å². The van der Waals surface area contributed by atoms with E-state index in [-0.39, 0.29) is 5.91 Å². The number of carbonyl (C=O) groups excluding carboxylic acids is 1. The van der Waals surface area contributed by atoms with Crippen LogP contribution in [-0.2, 0) is 6.42 Å². The van der Waals surface area contributed by atoms with Crippen molar-refractivity contribution in [1.82, 2.24) is 19.9 Å². The Labute approximate surface area is 231 Å². The van der Waals surface area contributed by atoms with Crippen molar-refractivity contribution in [3.63, 3.8) is 0 Å². The average molecular weight is 520 g/mol. The van der Waals surface area contributed by atoms with E-state index in [9.17, 15) is 4.79 Å². The van der Waals surface area contributed by atoms with E-state index in [4.69, 9.17) is 4.98 Å². The van der Waals surface area contributed by atoms with Gasteiger partial charge in [-0.25, -0.2) is 9.97 Å². The van der Waals surface area contributed by atoms with E-state index in [0.717, 1.165) is 41.2 Å². The smallest absolute Gasteiger partial charge is 0.255 e. The lowest BCUT2D eigenvalue weighted by Gasteiger charge is -2.33. The first-order valence-electron chi connectivity index (χ1n) is 13.9. The molecule has 6 heteroatoms. The van der Waals surface area contributed by atoms with Crippen molar-refractivity contribution >= 4 is 11.6 Å². The van der Waals surface area contributed by atoms with Crippen LogP contribution in [0.2, 0.25) is 0 Å². The SMILES string of the molecule is Cc1ccc(C(=O)Nc2ccc(C3CCN(CC(C)C)CC3)cc2)cc1Cc1nccc(-c2cccnc2)n1. The number of likely N-dealkylation sites (tertiary alicyclic amines) is 1. The van der Waals surface area contributed by atoms with Gasteiger partial charge in [0.05, 0.1) is 5.69 Å². The lowest BCUT2D eigenvalue weighted by molar-refractivity contribution is 0.102. The number of pyridine rings is 1. The second kappa shape index (κ2) is 12.3. The van der Waals surface area contributed by atoms with Gasteiger partial charge >= 0.3 is 0 Å². The van der Waals surface area contributed by atoms with Crippen molar-refractivity contribution in [1.29, 1.82) is 0 Å². The Kier molecular flexibility index (Phi) is 8.42. The number of nitrogens with one attached hydrogen (secondary N) is 1. The normalized spacial score (nSPS) is 14.5. The third-order valence-electron chi connectivity index (χ3n) is 7.47. The van der Waals surface area contributed by atoms with Crippen LogP contribution in [0, 0.1) is 12.8 Å². The zero-order valence-electron chi connectivity index (χ0n) is 23.1. The summed E-state index contributed by atoms with van der Waals surface area (Å²) in [6.07, 6.45) is 8.25. The number of nitrogens with zero attached hydrogens (tertiary/aromatic N) is 4. The molecule has 0 aliphatic carbocycles. The monoisotopic (exact) mass is 519 g/mol. The molecule has 0 spiro atoms. The zero-order valence-corrected chi connectivity index (χ0v) is 23.1. The summed E-state index contributed by atoms with van der Waals surface area (Å²) in [6.45, 7) is 10.1. The Morgan fingerprint density at radius 2 is 1.82 bits per heavy atom. The molecule has 1 amide bonds. The quantitative estimate of drug-likeness (QED) is 0.287. The first kappa shape index (κ1) is 26.7. The Morgan fingerprint density at radius 3 is 2.54 bits per heavy atom. The number of benzene rings is 2. The third kappa shape index (κ3) is 6.95. The van der Waals surface area contributed by atoms with Gasteiger partial charge in [-0.05, 0) is 104 Å². The predicted molar refractivity (Wildman–Crippen MR) is 157 cm³/mol. The molecule has 200 valence electrons. The maximum Gasteiger partial charge on any atom is 0.255 e. The van der Waals surface area contributed by atoms with Crippen LogP contribution in [0.3, 0.4) is 0 Å². The van der Waals surface area contributed by atoms with Gasteiger partial charge in [0.2, 0.25) is 0 Å². The molecule has 0 bridgehead atoms. The van der Waals surface area contributed by atoms with Gasteiger partial charge in [0.1, 0.15) is 5.82 Å². The molecule has 0 atom stereocenters. The van der Waals surface area contributed by atoms with Crippen LogP contribution in [0.4, 0.5) is 5.69 Å². The number of hydrogen-bond donors (Lipinski definition) is 1. The van der Waals surface area contributed by atoms with Gasteiger partial charge < -0.3 is 10.2 Å². The molecule has 0 unspecified atom stereocenters. The lowest BCUT2D eigenvalue weighted by Crippen LogP contribution is -2.35. The second-order valence-corrected chi connectivity index (χ2v) is 11.0. The van der Waals surface area contributed by atoms with E-state index in [1.165, 1.54) is 24.9 Å². The summed E-state index contributed by atoms with van der Waals surface area (Å²) in [5, 5.41) is 3.07. The summed E-state index contributed by atoms with van der Waals surface area (Å²) in [5.74, 6) is 1.90. The number of anilines is 1. The Balaban J connectivity index is 1.22. The van der Waals surface area contributed by atoms with E-state index >= 15 is 0 Å². The minimum Gasteiger partial charge on any atom is -0.322 e. The molecule has 1 fully saturated rings. The Morgan fingerprint density at radius 1 is 1.03 bits per heavy atom. The minimum absolute atomic E-state index is 0.115. The highest BCUT2D eigenvalue weighted by Crippen LogP contribution is 2.29. The molecule has 2 aromatic heterocycles. The van der Waals surface area contributed by atoms with Crippen LogP contribution >= 0.6 is 0 Å². The highest BCUT2D eigenvalue weighted by atomic mass is 16.1. The number of aromatic nitrogens is 3. The van der Waals surface area contributed by atoms with Gasteiger partial charge in [0, 0.05) is 48.4 Å². The summed E-state index contributed by atoms with van der Waals surface area (Å²) in [6, 6.07) is 20.0. The van der Waals surface area contributed by atoms with Crippen LogP contribution in [0.25, 0.3) is 11.3 Å². The summed E-state index contributed by atoms with van der Waals surface area (Å²) >= 11 is 0. The van der Waals surface area contributed by atoms with Crippen LogP contribution in [0.15, 0.2) is 79.3 Å². The second-order valence-electron chi connectivity index (χ2n) is 11.0. The fraction of sp³-hybridized carbons (Fsp3) is 0.333. The van der Waals surface area contributed by atoms with Gasteiger partial charge in [0.15, 0.2) is 0 Å². The van der Waals surface area contributed by atoms with Crippen molar-refractivity contribution in [3.05, 3.63) is 107 Å². The van der Waals surface area contributed by atoms with Gasteiger partial charge in [-0.2, -0.15) is 0 Å². The molecule has 6 nitrogen and oxygen atoms in total. The highest BCUT2D eigenvalue weighted by molar-refractivity contribution is 6.04. The first-order chi connectivity index (χ1) is 18.9. The molecular weight excluding hydrogens is 482 g/mol. The number of piperidine rings is 1. The van der Waals surface area contributed by atoms with Gasteiger partial charge in [-0.1, -0.05) is 32.0 Å². The molecule has 1 N–H and O–H groups in total. The molecule has 1 aliphatic rings. The van der Waals surface area contributed by atoms with Crippen LogP contribution in [0.1, 0.15) is 65.5 Å². The van der Waals surface area contributed by atoms with Crippen LogP contribution in [0.5, 0.6) is 0 Å². The van der Waals surface area contributed by atoms with E-state index in [1.807, 2.05) is 55.5 Å². The number of carbonyl (C=O) groups is 1. The molecule has 0 saturated carbocycles. The fourth-order valence-corrected chi connectivity index (χ4v) is 5.34. The topological polar surface area (TPSA) is 71.0 Å². The molecule has 1 aliphatic heterocycles. The number of aryl methyl sites for hydroxylation is 1. The zero-order chi connectivity index (χ0) is 27.2. The van der Waals surface area contributed by atoms with Crippen molar-refractivity contribution in [3.8, 4) is 11.3 Å². The van der Waals surface area contributed by atoms with E-state index < -0.39 is 0 Å². The van der Waals surface area contributed by atoms with E-state index in [0.29, 0.717) is 29.6 Å². The minimum atomic E-state index is -0.115. The van der Waals surface area contributed by atoms with Crippen molar-refractivity contribution in [2.24, 2.45) is 5.92 Å². The van der Waals surface area contributed by atoms with Crippen LogP contribution in [-0.4, -0.2) is 45.4 Å².